The van der Waals surface area contributed by atoms with Crippen LogP contribution in [0.2, 0.25) is 0 Å². The van der Waals surface area contributed by atoms with Gasteiger partial charge >= 0.3 is 0 Å². The molecule has 0 fully saturated rings. The van der Waals surface area contributed by atoms with E-state index in [4.69, 9.17) is 4.98 Å². The average Bonchev–Trinajstić information content (AvgIpc) is 3.13. The second-order valence-corrected chi connectivity index (χ2v) is 10.2. The lowest BCUT2D eigenvalue weighted by Gasteiger charge is -2.11. The number of fused-ring (bicyclic) bond motifs is 1. The fraction of sp³-hybridized carbons (Fsp3) is 0.280. The maximum Gasteiger partial charge on any atom is 0.240 e. The minimum atomic E-state index is -3.60. The van der Waals surface area contributed by atoms with Crippen LogP contribution in [0, 0.1) is 12.8 Å². The number of nitrogens with one attached hydrogen (secondary N) is 1. The first kappa shape index (κ1) is 22.2. The van der Waals surface area contributed by atoms with Gasteiger partial charge in [0.05, 0.1) is 4.90 Å². The third-order valence-electron chi connectivity index (χ3n) is 5.32. The van der Waals surface area contributed by atoms with E-state index >= 15 is 0 Å². The summed E-state index contributed by atoms with van der Waals surface area (Å²) in [5.41, 5.74) is 4.79. The molecule has 1 N–H and O–H groups in total. The van der Waals surface area contributed by atoms with Crippen LogP contribution in [0.25, 0.3) is 22.6 Å². The SMILES string of the molecule is Cc1ccc(-c2nc3cccnc3n2CCNS(=O)(=O)c2ccc(CC(C)C)cc2)cc1. The molecular weight excluding hydrogens is 420 g/mol. The lowest BCUT2D eigenvalue weighted by Crippen LogP contribution is -2.27. The zero-order valence-corrected chi connectivity index (χ0v) is 19.4. The summed E-state index contributed by atoms with van der Waals surface area (Å²) in [6, 6.07) is 19.0. The van der Waals surface area contributed by atoms with E-state index in [0.717, 1.165) is 34.5 Å². The number of benzene rings is 2. The van der Waals surface area contributed by atoms with Gasteiger partial charge in [-0.2, -0.15) is 0 Å². The topological polar surface area (TPSA) is 76.9 Å². The molecular formula is C25H28N4O2S. The average molecular weight is 449 g/mol. The summed E-state index contributed by atoms with van der Waals surface area (Å²) in [7, 11) is -3.60. The number of aromatic nitrogens is 3. The van der Waals surface area contributed by atoms with Gasteiger partial charge in [0.2, 0.25) is 10.0 Å². The van der Waals surface area contributed by atoms with E-state index in [9.17, 15) is 8.42 Å². The summed E-state index contributed by atoms with van der Waals surface area (Å²) in [4.78, 5) is 9.49. The summed E-state index contributed by atoms with van der Waals surface area (Å²) in [5, 5.41) is 0. The van der Waals surface area contributed by atoms with Crippen molar-refractivity contribution < 1.29 is 8.42 Å². The Kier molecular flexibility index (Phi) is 6.39. The van der Waals surface area contributed by atoms with Crippen LogP contribution in [0.3, 0.4) is 0 Å². The van der Waals surface area contributed by atoms with Crippen molar-refractivity contribution in [1.29, 1.82) is 0 Å². The number of hydrogen-bond donors (Lipinski definition) is 1. The summed E-state index contributed by atoms with van der Waals surface area (Å²) in [6.45, 7) is 6.98. The van der Waals surface area contributed by atoms with Gasteiger partial charge in [-0.15, -0.1) is 0 Å². The Morgan fingerprint density at radius 1 is 1.00 bits per heavy atom. The van der Waals surface area contributed by atoms with E-state index in [1.165, 1.54) is 5.56 Å². The number of nitrogens with zero attached hydrogens (tertiary/aromatic N) is 3. The molecule has 0 radical (unpaired) electrons. The number of imidazole rings is 1. The van der Waals surface area contributed by atoms with Gasteiger partial charge in [-0.25, -0.2) is 23.1 Å². The van der Waals surface area contributed by atoms with Crippen LogP contribution in [0.15, 0.2) is 71.8 Å². The quantitative estimate of drug-likeness (QED) is 0.428. The highest BCUT2D eigenvalue weighted by Crippen LogP contribution is 2.24. The highest BCUT2D eigenvalue weighted by atomic mass is 32.2. The Morgan fingerprint density at radius 2 is 1.72 bits per heavy atom. The predicted molar refractivity (Wildman–Crippen MR) is 128 cm³/mol. The van der Waals surface area contributed by atoms with Crippen LogP contribution in [-0.2, 0) is 23.0 Å². The minimum Gasteiger partial charge on any atom is -0.307 e. The van der Waals surface area contributed by atoms with Crippen molar-refractivity contribution in [3.63, 3.8) is 0 Å². The molecule has 0 amide bonds. The summed E-state index contributed by atoms with van der Waals surface area (Å²) in [6.07, 6.45) is 2.65. The van der Waals surface area contributed by atoms with E-state index in [2.05, 4.69) is 23.6 Å². The van der Waals surface area contributed by atoms with Crippen molar-refractivity contribution in [2.24, 2.45) is 5.92 Å². The van der Waals surface area contributed by atoms with E-state index in [1.54, 1.807) is 18.3 Å². The number of rotatable bonds is 8. The van der Waals surface area contributed by atoms with Gasteiger partial charge in [0.25, 0.3) is 0 Å². The van der Waals surface area contributed by atoms with Crippen molar-refractivity contribution in [1.82, 2.24) is 19.3 Å². The molecule has 0 saturated heterocycles. The monoisotopic (exact) mass is 448 g/mol. The minimum absolute atomic E-state index is 0.233. The zero-order chi connectivity index (χ0) is 22.7. The van der Waals surface area contributed by atoms with Gasteiger partial charge in [-0.1, -0.05) is 55.8 Å². The van der Waals surface area contributed by atoms with E-state index < -0.39 is 10.0 Å². The Labute approximate surface area is 189 Å². The van der Waals surface area contributed by atoms with Crippen molar-refractivity contribution in [2.45, 2.75) is 38.6 Å². The third-order valence-corrected chi connectivity index (χ3v) is 6.80. The molecule has 7 heteroatoms. The maximum atomic E-state index is 12.8. The Hall–Kier alpha value is -3.03. The lowest BCUT2D eigenvalue weighted by molar-refractivity contribution is 0.574. The normalized spacial score (nSPS) is 12.0. The third kappa shape index (κ3) is 4.89. The Morgan fingerprint density at radius 3 is 2.41 bits per heavy atom. The number of sulfonamides is 1. The van der Waals surface area contributed by atoms with E-state index in [0.29, 0.717) is 12.5 Å². The molecule has 0 aliphatic carbocycles. The van der Waals surface area contributed by atoms with Gasteiger partial charge in [0.1, 0.15) is 11.3 Å². The molecule has 0 spiro atoms. The first-order chi connectivity index (χ1) is 15.3. The molecule has 2 aromatic heterocycles. The number of aryl methyl sites for hydroxylation is 1. The fourth-order valence-corrected chi connectivity index (χ4v) is 4.77. The predicted octanol–water partition coefficient (Wildman–Crippen LogP) is 4.58. The maximum absolute atomic E-state index is 12.8. The standard InChI is InChI=1S/C25H28N4O2S/c1-18(2)17-20-8-12-22(13-9-20)32(30,31)27-15-16-29-24(21-10-6-19(3)7-11-21)28-23-5-4-14-26-25(23)29/h4-14,18,27H,15-17H2,1-3H3. The molecule has 4 aromatic rings. The van der Waals surface area contributed by atoms with Gasteiger partial charge < -0.3 is 4.57 Å². The molecule has 2 heterocycles. The fourth-order valence-electron chi connectivity index (χ4n) is 3.74. The van der Waals surface area contributed by atoms with Crippen molar-refractivity contribution >= 4 is 21.2 Å². The molecule has 2 aromatic carbocycles. The smallest absolute Gasteiger partial charge is 0.240 e. The van der Waals surface area contributed by atoms with E-state index in [-0.39, 0.29) is 11.4 Å². The van der Waals surface area contributed by atoms with Gasteiger partial charge in [0, 0.05) is 24.8 Å². The molecule has 0 bridgehead atoms. The molecule has 0 aliphatic heterocycles. The Balaban J connectivity index is 1.54. The molecule has 0 saturated carbocycles. The van der Waals surface area contributed by atoms with Gasteiger partial charge in [0.15, 0.2) is 5.65 Å². The molecule has 32 heavy (non-hydrogen) atoms. The molecule has 0 unspecified atom stereocenters. The van der Waals surface area contributed by atoms with E-state index in [1.807, 2.05) is 60.0 Å². The van der Waals surface area contributed by atoms with Crippen LogP contribution in [0.4, 0.5) is 0 Å². The molecule has 166 valence electrons. The molecule has 0 aliphatic rings. The largest absolute Gasteiger partial charge is 0.307 e. The zero-order valence-electron chi connectivity index (χ0n) is 18.6. The highest BCUT2D eigenvalue weighted by Gasteiger charge is 2.16. The highest BCUT2D eigenvalue weighted by molar-refractivity contribution is 7.89. The summed E-state index contributed by atoms with van der Waals surface area (Å²) in [5.74, 6) is 1.30. The van der Waals surface area contributed by atoms with Gasteiger partial charge in [-0.3, -0.25) is 0 Å². The van der Waals surface area contributed by atoms with Crippen molar-refractivity contribution in [3.8, 4) is 11.4 Å². The van der Waals surface area contributed by atoms with Crippen molar-refractivity contribution in [3.05, 3.63) is 78.0 Å². The summed E-state index contributed by atoms with van der Waals surface area (Å²) < 4.78 is 30.3. The summed E-state index contributed by atoms with van der Waals surface area (Å²) >= 11 is 0. The number of pyridine rings is 1. The second kappa shape index (κ2) is 9.22. The van der Waals surface area contributed by atoms with Gasteiger partial charge in [-0.05, 0) is 49.1 Å². The van der Waals surface area contributed by atoms with Crippen LogP contribution in [-0.4, -0.2) is 29.5 Å². The first-order valence-electron chi connectivity index (χ1n) is 10.8. The van der Waals surface area contributed by atoms with Crippen molar-refractivity contribution in [2.75, 3.05) is 6.54 Å². The van der Waals surface area contributed by atoms with Crippen LogP contribution in [0.5, 0.6) is 0 Å². The number of hydrogen-bond acceptors (Lipinski definition) is 4. The lowest BCUT2D eigenvalue weighted by atomic mass is 10.0. The molecule has 6 nitrogen and oxygen atoms in total. The first-order valence-corrected chi connectivity index (χ1v) is 12.3. The molecule has 0 atom stereocenters. The van der Waals surface area contributed by atoms with Crippen LogP contribution < -0.4 is 4.72 Å². The Bertz CT molecular complexity index is 1310. The van der Waals surface area contributed by atoms with Crippen LogP contribution >= 0.6 is 0 Å². The molecule has 4 rings (SSSR count). The van der Waals surface area contributed by atoms with Crippen LogP contribution in [0.1, 0.15) is 25.0 Å². The second-order valence-electron chi connectivity index (χ2n) is 8.44.